The van der Waals surface area contributed by atoms with Crippen LogP contribution < -0.4 is 4.74 Å². The monoisotopic (exact) mass is 280 g/mol. The Bertz CT molecular complexity index is 425. The molecule has 0 radical (unpaired) electrons. The Morgan fingerprint density at radius 1 is 1.53 bits per heavy atom. The number of hydrogen-bond acceptors (Lipinski definition) is 3. The molecular weight excluding hydrogens is 277 g/mol. The van der Waals surface area contributed by atoms with E-state index in [0.717, 1.165) is 6.07 Å². The summed E-state index contributed by atoms with van der Waals surface area (Å²) in [5.41, 5.74) is 0.0399. The molecule has 7 heteroatoms. The highest BCUT2D eigenvalue weighted by Crippen LogP contribution is 2.28. The van der Waals surface area contributed by atoms with Gasteiger partial charge in [-0.05, 0) is 34.5 Å². The first-order chi connectivity index (χ1) is 6.83. The molecule has 15 heavy (non-hydrogen) atoms. The molecule has 80 valence electrons. The van der Waals surface area contributed by atoms with Crippen molar-refractivity contribution in [1.82, 2.24) is 4.98 Å². The van der Waals surface area contributed by atoms with Crippen LogP contribution in [0.3, 0.4) is 0 Å². The normalized spacial score (nSPS) is 10.9. The number of nitrogens with zero attached hydrogens (tertiary/aromatic N) is 2. The van der Waals surface area contributed by atoms with E-state index in [-0.39, 0.29) is 0 Å². The first-order valence-electron chi connectivity index (χ1n) is 3.66. The summed E-state index contributed by atoms with van der Waals surface area (Å²) < 4.78 is 39.7. The Morgan fingerprint density at radius 2 is 2.13 bits per heavy atom. The lowest BCUT2D eigenvalue weighted by atomic mass is 10.2. The quantitative estimate of drug-likeness (QED) is 0.743. The van der Waals surface area contributed by atoms with E-state index < -0.39 is 17.8 Å². The summed E-state index contributed by atoms with van der Waals surface area (Å²) in [7, 11) is 0. The van der Waals surface area contributed by atoms with Gasteiger partial charge in [0.25, 0.3) is 0 Å². The van der Waals surface area contributed by atoms with E-state index in [2.05, 4.69) is 25.7 Å². The van der Waals surface area contributed by atoms with Crippen molar-refractivity contribution in [2.24, 2.45) is 0 Å². The maximum atomic E-state index is 11.9. The van der Waals surface area contributed by atoms with Crippen LogP contribution in [-0.2, 0) is 0 Å². The molecule has 0 N–H and O–H groups in total. The zero-order chi connectivity index (χ0) is 11.6. The van der Waals surface area contributed by atoms with Crippen LogP contribution in [0.1, 0.15) is 11.3 Å². The molecule has 1 heterocycles. The van der Waals surface area contributed by atoms with Gasteiger partial charge >= 0.3 is 6.36 Å². The van der Waals surface area contributed by atoms with Gasteiger partial charge in [-0.15, -0.1) is 13.2 Å². The summed E-state index contributed by atoms with van der Waals surface area (Å²) in [5, 5.41) is 8.55. The van der Waals surface area contributed by atoms with Gasteiger partial charge in [-0.25, -0.2) is 4.98 Å². The molecular formula is C8H4BrF3N2O. The number of hydrogen-bond donors (Lipinski definition) is 0. The average Bonchev–Trinajstić information content (AvgIpc) is 2.08. The molecule has 0 bridgehead atoms. The molecule has 0 aliphatic heterocycles. The highest BCUT2D eigenvalue weighted by atomic mass is 79.9. The third-order valence-electron chi connectivity index (χ3n) is 1.45. The predicted molar refractivity (Wildman–Crippen MR) is 48.1 cm³/mol. The summed E-state index contributed by atoms with van der Waals surface area (Å²) in [6.45, 7) is 1.54. The SMILES string of the molecule is Cc1cc(OC(F)(F)F)c(C#N)nc1Br. The number of alkyl halides is 3. The Balaban J connectivity index is 3.18. The molecule has 0 amide bonds. The summed E-state index contributed by atoms with van der Waals surface area (Å²) in [6, 6.07) is 2.62. The minimum absolute atomic E-state index is 0.313. The maximum absolute atomic E-state index is 11.9. The molecule has 1 aromatic rings. The summed E-state index contributed by atoms with van der Waals surface area (Å²) in [4.78, 5) is 3.61. The van der Waals surface area contributed by atoms with Crippen LogP contribution in [0.25, 0.3) is 0 Å². The van der Waals surface area contributed by atoms with Gasteiger partial charge in [0.2, 0.25) is 0 Å². The minimum atomic E-state index is -4.83. The van der Waals surface area contributed by atoms with Crippen LogP contribution in [0.15, 0.2) is 10.7 Å². The number of ether oxygens (including phenoxy) is 1. The van der Waals surface area contributed by atoms with E-state index in [0.29, 0.717) is 10.2 Å². The van der Waals surface area contributed by atoms with Crippen molar-refractivity contribution in [2.75, 3.05) is 0 Å². The Hall–Kier alpha value is -1.29. The van der Waals surface area contributed by atoms with Gasteiger partial charge < -0.3 is 4.74 Å². The fourth-order valence-electron chi connectivity index (χ4n) is 0.849. The number of nitriles is 1. The number of aryl methyl sites for hydroxylation is 1. The molecule has 0 fully saturated rings. The molecule has 0 aliphatic rings. The smallest absolute Gasteiger partial charge is 0.403 e. The number of aromatic nitrogens is 1. The first kappa shape index (κ1) is 11.8. The summed E-state index contributed by atoms with van der Waals surface area (Å²) in [6.07, 6.45) is -4.83. The van der Waals surface area contributed by atoms with Crippen LogP contribution in [0.2, 0.25) is 0 Å². The number of rotatable bonds is 1. The second-order valence-electron chi connectivity index (χ2n) is 2.60. The second-order valence-corrected chi connectivity index (χ2v) is 3.35. The van der Waals surface area contributed by atoms with Crippen LogP contribution in [0.5, 0.6) is 5.75 Å². The van der Waals surface area contributed by atoms with E-state index in [1.807, 2.05) is 0 Å². The number of halogens is 4. The Morgan fingerprint density at radius 3 is 2.60 bits per heavy atom. The molecule has 0 saturated carbocycles. The second kappa shape index (κ2) is 4.06. The zero-order valence-electron chi connectivity index (χ0n) is 7.39. The summed E-state index contributed by atoms with van der Waals surface area (Å²) >= 11 is 3.00. The van der Waals surface area contributed by atoms with E-state index in [1.54, 1.807) is 6.92 Å². The zero-order valence-corrected chi connectivity index (χ0v) is 8.98. The standard InChI is InChI=1S/C8H4BrF3N2O/c1-4-2-6(15-8(10,11)12)5(3-13)14-7(4)9/h2H,1H3. The van der Waals surface area contributed by atoms with Crippen LogP contribution in [0.4, 0.5) is 13.2 Å². The van der Waals surface area contributed by atoms with Crippen molar-refractivity contribution in [1.29, 1.82) is 5.26 Å². The Labute approximate surface area is 91.6 Å². The van der Waals surface area contributed by atoms with Gasteiger partial charge in [0.1, 0.15) is 10.7 Å². The van der Waals surface area contributed by atoms with Gasteiger partial charge in [0, 0.05) is 0 Å². The molecule has 0 unspecified atom stereocenters. The van der Waals surface area contributed by atoms with Crippen molar-refractivity contribution >= 4 is 15.9 Å². The molecule has 1 aromatic heterocycles. The van der Waals surface area contributed by atoms with E-state index in [1.165, 1.54) is 6.07 Å². The van der Waals surface area contributed by atoms with Crippen LogP contribution in [0, 0.1) is 18.3 Å². The molecule has 3 nitrogen and oxygen atoms in total. The largest absolute Gasteiger partial charge is 0.573 e. The molecule has 0 spiro atoms. The van der Waals surface area contributed by atoms with Crippen molar-refractivity contribution in [3.63, 3.8) is 0 Å². The summed E-state index contributed by atoms with van der Waals surface area (Å²) in [5.74, 6) is -0.592. The van der Waals surface area contributed by atoms with E-state index in [4.69, 9.17) is 5.26 Å². The molecule has 0 aliphatic carbocycles. The van der Waals surface area contributed by atoms with Crippen molar-refractivity contribution < 1.29 is 17.9 Å². The molecule has 0 aromatic carbocycles. The van der Waals surface area contributed by atoms with Crippen molar-refractivity contribution in [3.8, 4) is 11.8 Å². The lowest BCUT2D eigenvalue weighted by Gasteiger charge is -2.10. The van der Waals surface area contributed by atoms with Crippen LogP contribution >= 0.6 is 15.9 Å². The van der Waals surface area contributed by atoms with Gasteiger partial charge in [0.05, 0.1) is 0 Å². The molecule has 0 saturated heterocycles. The van der Waals surface area contributed by atoms with Gasteiger partial charge in [0.15, 0.2) is 11.4 Å². The number of pyridine rings is 1. The van der Waals surface area contributed by atoms with Crippen molar-refractivity contribution in [2.45, 2.75) is 13.3 Å². The van der Waals surface area contributed by atoms with Gasteiger partial charge in [-0.1, -0.05) is 0 Å². The average molecular weight is 281 g/mol. The lowest BCUT2D eigenvalue weighted by molar-refractivity contribution is -0.274. The fourth-order valence-corrected chi connectivity index (χ4v) is 1.14. The topological polar surface area (TPSA) is 45.9 Å². The minimum Gasteiger partial charge on any atom is -0.403 e. The third-order valence-corrected chi connectivity index (χ3v) is 2.25. The first-order valence-corrected chi connectivity index (χ1v) is 4.46. The highest BCUT2D eigenvalue weighted by molar-refractivity contribution is 9.10. The third kappa shape index (κ3) is 3.09. The predicted octanol–water partition coefficient (Wildman–Crippen LogP) is 2.92. The molecule has 1 rings (SSSR count). The van der Waals surface area contributed by atoms with Crippen molar-refractivity contribution in [3.05, 3.63) is 21.9 Å². The maximum Gasteiger partial charge on any atom is 0.573 e. The van der Waals surface area contributed by atoms with Crippen LogP contribution in [-0.4, -0.2) is 11.3 Å². The van der Waals surface area contributed by atoms with Gasteiger partial charge in [-0.2, -0.15) is 5.26 Å². The Kier molecular flexibility index (Phi) is 3.19. The van der Waals surface area contributed by atoms with Gasteiger partial charge in [-0.3, -0.25) is 0 Å². The fraction of sp³-hybridized carbons (Fsp3) is 0.250. The lowest BCUT2D eigenvalue weighted by Crippen LogP contribution is -2.18. The van der Waals surface area contributed by atoms with E-state index in [9.17, 15) is 13.2 Å². The van der Waals surface area contributed by atoms with E-state index >= 15 is 0 Å². The molecule has 0 atom stereocenters. The highest BCUT2D eigenvalue weighted by Gasteiger charge is 2.32.